The third-order valence-electron chi connectivity index (χ3n) is 2.39. The highest BCUT2D eigenvalue weighted by atomic mass is 16.6. The molecular weight excluding hydrogens is 260 g/mol. The Morgan fingerprint density at radius 2 is 2.05 bits per heavy atom. The lowest BCUT2D eigenvalue weighted by Gasteiger charge is -2.22. The van der Waals surface area contributed by atoms with E-state index in [1.54, 1.807) is 6.07 Å². The first-order chi connectivity index (χ1) is 9.30. The lowest BCUT2D eigenvalue weighted by Crippen LogP contribution is -2.42. The summed E-state index contributed by atoms with van der Waals surface area (Å²) in [5.41, 5.74) is -0.494. The smallest absolute Gasteiger partial charge is 0.407 e. The van der Waals surface area contributed by atoms with Gasteiger partial charge in [-0.3, -0.25) is 0 Å². The largest absolute Gasteiger partial charge is 0.462 e. The van der Waals surface area contributed by atoms with Gasteiger partial charge in [0.05, 0.1) is 6.54 Å². The van der Waals surface area contributed by atoms with E-state index < -0.39 is 11.7 Å². The molecule has 1 aromatic rings. The summed E-state index contributed by atoms with van der Waals surface area (Å²) in [6.45, 7) is 8.39. The van der Waals surface area contributed by atoms with E-state index >= 15 is 0 Å². The molecule has 20 heavy (non-hydrogen) atoms. The summed E-state index contributed by atoms with van der Waals surface area (Å²) >= 11 is 0. The van der Waals surface area contributed by atoms with Gasteiger partial charge in [0.15, 0.2) is 0 Å². The molecule has 0 saturated carbocycles. The highest BCUT2D eigenvalue weighted by molar-refractivity contribution is 5.68. The fraction of sp³-hybridized carbons (Fsp3) is 0.643. The highest BCUT2D eigenvalue weighted by Crippen LogP contribution is 2.08. The van der Waals surface area contributed by atoms with E-state index in [-0.39, 0.29) is 12.6 Å². The average molecular weight is 284 g/mol. The normalized spacial score (nSPS) is 13.1. The Kier molecular flexibility index (Phi) is 6.04. The number of carbonyl (C=O) groups excluding carboxylic acids is 1. The van der Waals surface area contributed by atoms with Crippen LogP contribution < -0.4 is 10.6 Å². The number of aliphatic hydroxyl groups excluding tert-OH is 1. The van der Waals surface area contributed by atoms with Crippen molar-refractivity contribution >= 4 is 6.09 Å². The minimum atomic E-state index is -0.494. The number of carbonyl (C=O) groups is 1. The molecule has 0 aliphatic carbocycles. The van der Waals surface area contributed by atoms with Gasteiger partial charge in [0, 0.05) is 12.6 Å². The van der Waals surface area contributed by atoms with Gasteiger partial charge in [-0.1, -0.05) is 0 Å². The maximum atomic E-state index is 11.5. The number of hydrogen-bond acceptors (Lipinski definition) is 5. The second-order valence-corrected chi connectivity index (χ2v) is 5.70. The van der Waals surface area contributed by atoms with Crippen LogP contribution in [0.15, 0.2) is 16.5 Å². The van der Waals surface area contributed by atoms with E-state index in [4.69, 9.17) is 14.3 Å². The van der Waals surface area contributed by atoms with Crippen molar-refractivity contribution < 1.29 is 19.1 Å². The van der Waals surface area contributed by atoms with Crippen molar-refractivity contribution in [1.82, 2.24) is 10.6 Å². The van der Waals surface area contributed by atoms with Crippen LogP contribution in [0.2, 0.25) is 0 Å². The van der Waals surface area contributed by atoms with Gasteiger partial charge in [-0.25, -0.2) is 4.79 Å². The molecule has 0 radical (unpaired) electrons. The molecule has 6 nitrogen and oxygen atoms in total. The molecule has 1 unspecified atom stereocenters. The number of alkyl carbamates (subject to hydrolysis) is 1. The van der Waals surface area contributed by atoms with Gasteiger partial charge in [-0.05, 0) is 39.8 Å². The standard InChI is InChI=1S/C14H24N2O4/c1-10(16-13(18)20-14(2,3)4)7-15-8-11-5-6-12(9-17)19-11/h5-6,10,15,17H,7-9H2,1-4H3,(H,16,18). The molecule has 1 heterocycles. The van der Waals surface area contributed by atoms with Gasteiger partial charge in [-0.15, -0.1) is 0 Å². The lowest BCUT2D eigenvalue weighted by atomic mass is 10.2. The number of amides is 1. The molecule has 0 aliphatic heterocycles. The number of furan rings is 1. The quantitative estimate of drug-likeness (QED) is 0.741. The molecule has 0 fully saturated rings. The first-order valence-electron chi connectivity index (χ1n) is 6.69. The molecule has 0 saturated heterocycles. The summed E-state index contributed by atoms with van der Waals surface area (Å²) in [6.07, 6.45) is -0.424. The Balaban J connectivity index is 2.22. The number of rotatable bonds is 6. The van der Waals surface area contributed by atoms with Crippen LogP contribution >= 0.6 is 0 Å². The molecule has 1 aromatic heterocycles. The van der Waals surface area contributed by atoms with E-state index in [1.165, 1.54) is 0 Å². The summed E-state index contributed by atoms with van der Waals surface area (Å²) in [6, 6.07) is 3.49. The molecule has 0 aromatic carbocycles. The molecule has 0 aliphatic rings. The van der Waals surface area contributed by atoms with Crippen molar-refractivity contribution in [3.8, 4) is 0 Å². The second-order valence-electron chi connectivity index (χ2n) is 5.70. The van der Waals surface area contributed by atoms with E-state index in [9.17, 15) is 4.79 Å². The van der Waals surface area contributed by atoms with Crippen LogP contribution in [0.1, 0.15) is 39.2 Å². The summed E-state index contributed by atoms with van der Waals surface area (Å²) < 4.78 is 10.5. The van der Waals surface area contributed by atoms with Crippen LogP contribution in [-0.2, 0) is 17.9 Å². The van der Waals surface area contributed by atoms with Crippen LogP contribution in [0, 0.1) is 0 Å². The van der Waals surface area contributed by atoms with Crippen LogP contribution in [-0.4, -0.2) is 29.4 Å². The van der Waals surface area contributed by atoms with Crippen LogP contribution in [0.4, 0.5) is 4.79 Å². The fourth-order valence-corrected chi connectivity index (χ4v) is 1.57. The van der Waals surface area contributed by atoms with Gasteiger partial charge >= 0.3 is 6.09 Å². The zero-order valence-corrected chi connectivity index (χ0v) is 12.5. The number of hydrogen-bond donors (Lipinski definition) is 3. The van der Waals surface area contributed by atoms with Gasteiger partial charge in [-0.2, -0.15) is 0 Å². The molecule has 1 rings (SSSR count). The Morgan fingerprint density at radius 1 is 1.40 bits per heavy atom. The Morgan fingerprint density at radius 3 is 2.60 bits per heavy atom. The third kappa shape index (κ3) is 6.58. The van der Waals surface area contributed by atoms with Crippen LogP contribution in [0.25, 0.3) is 0 Å². The molecule has 1 atom stereocenters. The Bertz CT molecular complexity index is 423. The zero-order chi connectivity index (χ0) is 15.2. The van der Waals surface area contributed by atoms with Gasteiger partial charge < -0.3 is 24.9 Å². The summed E-state index contributed by atoms with van der Waals surface area (Å²) in [7, 11) is 0. The molecular formula is C14H24N2O4. The predicted molar refractivity (Wildman–Crippen MR) is 75.2 cm³/mol. The topological polar surface area (TPSA) is 83.7 Å². The van der Waals surface area contributed by atoms with Crippen LogP contribution in [0.3, 0.4) is 0 Å². The zero-order valence-electron chi connectivity index (χ0n) is 12.5. The van der Waals surface area contributed by atoms with Crippen molar-refractivity contribution in [2.75, 3.05) is 6.54 Å². The van der Waals surface area contributed by atoms with Crippen molar-refractivity contribution in [3.63, 3.8) is 0 Å². The number of aliphatic hydroxyl groups is 1. The van der Waals surface area contributed by atoms with Gasteiger partial charge in [0.25, 0.3) is 0 Å². The fourth-order valence-electron chi connectivity index (χ4n) is 1.57. The summed E-state index contributed by atoms with van der Waals surface area (Å²) in [5, 5.41) is 14.8. The first-order valence-corrected chi connectivity index (χ1v) is 6.69. The summed E-state index contributed by atoms with van der Waals surface area (Å²) in [5.74, 6) is 1.29. The molecule has 0 spiro atoms. The van der Waals surface area contributed by atoms with Crippen molar-refractivity contribution in [3.05, 3.63) is 23.7 Å². The maximum Gasteiger partial charge on any atom is 0.407 e. The maximum absolute atomic E-state index is 11.5. The van der Waals surface area contributed by atoms with Crippen molar-refractivity contribution in [1.29, 1.82) is 0 Å². The Hall–Kier alpha value is -1.53. The van der Waals surface area contributed by atoms with E-state index in [2.05, 4.69) is 10.6 Å². The first kappa shape index (κ1) is 16.5. The van der Waals surface area contributed by atoms with Crippen molar-refractivity contribution in [2.45, 2.75) is 52.5 Å². The van der Waals surface area contributed by atoms with Crippen LogP contribution in [0.5, 0.6) is 0 Å². The Labute approximate surface area is 119 Å². The van der Waals surface area contributed by atoms with E-state index in [0.29, 0.717) is 18.8 Å². The average Bonchev–Trinajstić information content (AvgIpc) is 2.74. The van der Waals surface area contributed by atoms with Gasteiger partial charge in [0.2, 0.25) is 0 Å². The second kappa shape index (κ2) is 7.31. The SMILES string of the molecule is CC(CNCc1ccc(CO)o1)NC(=O)OC(C)(C)C. The molecule has 3 N–H and O–H groups in total. The minimum Gasteiger partial charge on any atom is -0.462 e. The van der Waals surface area contributed by atoms with Gasteiger partial charge in [0.1, 0.15) is 23.7 Å². The molecule has 6 heteroatoms. The predicted octanol–water partition coefficient (Wildman–Crippen LogP) is 1.77. The lowest BCUT2D eigenvalue weighted by molar-refractivity contribution is 0.0508. The molecule has 0 bridgehead atoms. The monoisotopic (exact) mass is 284 g/mol. The number of ether oxygens (including phenoxy) is 1. The van der Waals surface area contributed by atoms with E-state index in [1.807, 2.05) is 33.8 Å². The number of nitrogens with one attached hydrogen (secondary N) is 2. The highest BCUT2D eigenvalue weighted by Gasteiger charge is 2.17. The summed E-state index contributed by atoms with van der Waals surface area (Å²) in [4.78, 5) is 11.5. The van der Waals surface area contributed by atoms with Crippen molar-refractivity contribution in [2.24, 2.45) is 0 Å². The van der Waals surface area contributed by atoms with E-state index in [0.717, 1.165) is 5.76 Å². The molecule has 1 amide bonds. The minimum absolute atomic E-state index is 0.0582. The molecule has 114 valence electrons. The third-order valence-corrected chi connectivity index (χ3v) is 2.39.